The molecule has 0 bridgehead atoms. The number of piperidine rings is 1. The highest BCUT2D eigenvalue weighted by atomic mass is 16.5. The number of pyridine rings is 1. The van der Waals surface area contributed by atoms with E-state index in [1.165, 1.54) is 0 Å². The lowest BCUT2D eigenvalue weighted by atomic mass is 9.94. The lowest BCUT2D eigenvalue weighted by molar-refractivity contribution is 0.0603. The van der Waals surface area contributed by atoms with Gasteiger partial charge in [0, 0.05) is 24.5 Å². The SMILES string of the molecule is COc1ccc(OC)c(C(=O)N2CCCC[C@H]2c2[nH]ncc2-c2ccncc2)c1. The molecular formula is C22H24N4O3. The molecule has 1 atom stereocenters. The van der Waals surface area contributed by atoms with Gasteiger partial charge in [-0.05, 0) is 55.2 Å². The number of aromatic amines is 1. The van der Waals surface area contributed by atoms with Crippen molar-refractivity contribution in [2.75, 3.05) is 20.8 Å². The molecule has 7 nitrogen and oxygen atoms in total. The minimum absolute atomic E-state index is 0.0688. The Morgan fingerprint density at radius 1 is 1.14 bits per heavy atom. The predicted molar refractivity (Wildman–Crippen MR) is 109 cm³/mol. The Morgan fingerprint density at radius 3 is 2.72 bits per heavy atom. The van der Waals surface area contributed by atoms with Gasteiger partial charge in [0.05, 0.1) is 37.7 Å². The van der Waals surface area contributed by atoms with Crippen molar-refractivity contribution >= 4 is 5.91 Å². The fourth-order valence-electron chi connectivity index (χ4n) is 3.92. The number of benzene rings is 1. The second kappa shape index (κ2) is 8.34. The summed E-state index contributed by atoms with van der Waals surface area (Å²) in [6.07, 6.45) is 8.23. The summed E-state index contributed by atoms with van der Waals surface area (Å²) >= 11 is 0. The van der Waals surface area contributed by atoms with Gasteiger partial charge in [0.2, 0.25) is 0 Å². The van der Waals surface area contributed by atoms with E-state index in [0.29, 0.717) is 23.6 Å². The first-order valence-corrected chi connectivity index (χ1v) is 9.69. The molecule has 3 aromatic rings. The Labute approximate surface area is 169 Å². The largest absolute Gasteiger partial charge is 0.497 e. The number of hydrogen-bond acceptors (Lipinski definition) is 5. The summed E-state index contributed by atoms with van der Waals surface area (Å²) in [6, 6.07) is 9.12. The van der Waals surface area contributed by atoms with Crippen LogP contribution in [0.15, 0.2) is 48.9 Å². The number of amides is 1. The van der Waals surface area contributed by atoms with Gasteiger partial charge in [0.25, 0.3) is 5.91 Å². The average Bonchev–Trinajstić information content (AvgIpc) is 3.28. The molecule has 29 heavy (non-hydrogen) atoms. The van der Waals surface area contributed by atoms with E-state index < -0.39 is 0 Å². The summed E-state index contributed by atoms with van der Waals surface area (Å²) in [5, 5.41) is 7.41. The molecule has 2 aromatic heterocycles. The molecule has 0 unspecified atom stereocenters. The van der Waals surface area contributed by atoms with E-state index in [9.17, 15) is 4.79 Å². The highest BCUT2D eigenvalue weighted by Crippen LogP contribution is 2.37. The van der Waals surface area contributed by atoms with Crippen LogP contribution in [0.2, 0.25) is 0 Å². The molecule has 0 radical (unpaired) electrons. The third-order valence-corrected chi connectivity index (χ3v) is 5.39. The Hall–Kier alpha value is -3.35. The second-order valence-electron chi connectivity index (χ2n) is 7.01. The van der Waals surface area contributed by atoms with Crippen molar-refractivity contribution in [3.8, 4) is 22.6 Å². The van der Waals surface area contributed by atoms with Crippen LogP contribution in [-0.4, -0.2) is 46.8 Å². The smallest absolute Gasteiger partial charge is 0.258 e. The Balaban J connectivity index is 1.71. The zero-order valence-corrected chi connectivity index (χ0v) is 16.6. The number of rotatable bonds is 5. The summed E-state index contributed by atoms with van der Waals surface area (Å²) in [7, 11) is 3.16. The van der Waals surface area contributed by atoms with Crippen molar-refractivity contribution in [2.24, 2.45) is 0 Å². The molecule has 1 aliphatic heterocycles. The summed E-state index contributed by atoms with van der Waals surface area (Å²) in [5.74, 6) is 1.10. The number of carbonyl (C=O) groups is 1. The first kappa shape index (κ1) is 19.0. The maximum Gasteiger partial charge on any atom is 0.258 e. The standard InChI is InChI=1S/C22H24N4O3/c1-28-16-6-7-20(29-2)17(13-16)22(27)26-12-4-3-5-19(26)21-18(14-24-25-21)15-8-10-23-11-9-15/h6-11,13-14,19H,3-5,12H2,1-2H3,(H,24,25)/t19-/m0/s1. The van der Waals surface area contributed by atoms with Crippen LogP contribution in [0.3, 0.4) is 0 Å². The minimum atomic E-state index is -0.0853. The van der Waals surface area contributed by atoms with Crippen LogP contribution < -0.4 is 9.47 Å². The first-order valence-electron chi connectivity index (χ1n) is 9.69. The topological polar surface area (TPSA) is 80.3 Å². The van der Waals surface area contributed by atoms with Crippen LogP contribution in [-0.2, 0) is 0 Å². The van der Waals surface area contributed by atoms with Crippen LogP contribution >= 0.6 is 0 Å². The highest BCUT2D eigenvalue weighted by molar-refractivity contribution is 5.97. The Bertz CT molecular complexity index is 987. The van der Waals surface area contributed by atoms with E-state index in [-0.39, 0.29) is 11.9 Å². The average molecular weight is 392 g/mol. The quantitative estimate of drug-likeness (QED) is 0.713. The van der Waals surface area contributed by atoms with E-state index in [2.05, 4.69) is 15.2 Å². The number of ether oxygens (including phenoxy) is 2. The number of nitrogens with zero attached hydrogens (tertiary/aromatic N) is 3. The molecule has 1 aliphatic rings. The lowest BCUT2D eigenvalue weighted by Crippen LogP contribution is -2.39. The molecule has 0 saturated carbocycles. The van der Waals surface area contributed by atoms with Gasteiger partial charge in [-0.15, -0.1) is 0 Å². The molecule has 7 heteroatoms. The summed E-state index contributed by atoms with van der Waals surface area (Å²) in [5.41, 5.74) is 3.48. The fraction of sp³-hybridized carbons (Fsp3) is 0.318. The Kier molecular flexibility index (Phi) is 5.46. The van der Waals surface area contributed by atoms with Gasteiger partial charge in [-0.1, -0.05) is 0 Å². The zero-order chi connectivity index (χ0) is 20.2. The van der Waals surface area contributed by atoms with Gasteiger partial charge < -0.3 is 14.4 Å². The number of aromatic nitrogens is 3. The van der Waals surface area contributed by atoms with Gasteiger partial charge in [-0.25, -0.2) is 0 Å². The van der Waals surface area contributed by atoms with Crippen LogP contribution in [0.1, 0.15) is 41.4 Å². The molecule has 3 heterocycles. The second-order valence-corrected chi connectivity index (χ2v) is 7.01. The number of nitrogens with one attached hydrogen (secondary N) is 1. The summed E-state index contributed by atoms with van der Waals surface area (Å²) in [6.45, 7) is 0.679. The van der Waals surface area contributed by atoms with Crippen molar-refractivity contribution in [1.29, 1.82) is 0 Å². The van der Waals surface area contributed by atoms with Crippen LogP contribution in [0.5, 0.6) is 11.5 Å². The van der Waals surface area contributed by atoms with Crippen molar-refractivity contribution < 1.29 is 14.3 Å². The van der Waals surface area contributed by atoms with Crippen molar-refractivity contribution in [2.45, 2.75) is 25.3 Å². The van der Waals surface area contributed by atoms with Gasteiger partial charge in [-0.2, -0.15) is 5.10 Å². The van der Waals surface area contributed by atoms with Crippen LogP contribution in [0.25, 0.3) is 11.1 Å². The number of hydrogen-bond donors (Lipinski definition) is 1. The lowest BCUT2D eigenvalue weighted by Gasteiger charge is -2.36. The molecule has 0 aliphatic carbocycles. The van der Waals surface area contributed by atoms with Gasteiger partial charge in [0.1, 0.15) is 11.5 Å². The molecule has 1 N–H and O–H groups in total. The van der Waals surface area contributed by atoms with Gasteiger partial charge in [0.15, 0.2) is 0 Å². The van der Waals surface area contributed by atoms with Gasteiger partial charge in [-0.3, -0.25) is 14.9 Å². The molecule has 1 fully saturated rings. The molecule has 4 rings (SSSR count). The van der Waals surface area contributed by atoms with E-state index >= 15 is 0 Å². The molecule has 150 valence electrons. The maximum atomic E-state index is 13.5. The van der Waals surface area contributed by atoms with Crippen molar-refractivity contribution in [3.05, 3.63) is 60.2 Å². The minimum Gasteiger partial charge on any atom is -0.497 e. The van der Waals surface area contributed by atoms with Crippen LogP contribution in [0, 0.1) is 0 Å². The summed E-state index contributed by atoms with van der Waals surface area (Å²) < 4.78 is 10.8. The number of likely N-dealkylation sites (tertiary alicyclic amines) is 1. The van der Waals surface area contributed by atoms with E-state index in [0.717, 1.165) is 36.1 Å². The van der Waals surface area contributed by atoms with Gasteiger partial charge >= 0.3 is 0 Å². The fourth-order valence-corrected chi connectivity index (χ4v) is 3.92. The van der Waals surface area contributed by atoms with E-state index in [1.807, 2.05) is 23.2 Å². The molecule has 1 amide bonds. The number of carbonyl (C=O) groups excluding carboxylic acids is 1. The molecule has 1 aromatic carbocycles. The third kappa shape index (κ3) is 3.68. The first-order chi connectivity index (χ1) is 14.2. The number of methoxy groups -OCH3 is 2. The number of H-pyrrole nitrogens is 1. The normalized spacial score (nSPS) is 16.5. The summed E-state index contributed by atoms with van der Waals surface area (Å²) in [4.78, 5) is 19.6. The van der Waals surface area contributed by atoms with E-state index in [4.69, 9.17) is 9.47 Å². The molecule has 1 saturated heterocycles. The van der Waals surface area contributed by atoms with Crippen molar-refractivity contribution in [1.82, 2.24) is 20.1 Å². The molecule has 0 spiro atoms. The predicted octanol–water partition coefficient (Wildman–Crippen LogP) is 3.86. The zero-order valence-electron chi connectivity index (χ0n) is 16.6. The third-order valence-electron chi connectivity index (χ3n) is 5.39. The Morgan fingerprint density at radius 2 is 1.97 bits per heavy atom. The van der Waals surface area contributed by atoms with Crippen LogP contribution in [0.4, 0.5) is 0 Å². The van der Waals surface area contributed by atoms with Crippen molar-refractivity contribution in [3.63, 3.8) is 0 Å². The maximum absolute atomic E-state index is 13.5. The monoisotopic (exact) mass is 392 g/mol. The molecular weight excluding hydrogens is 368 g/mol. The highest BCUT2D eigenvalue weighted by Gasteiger charge is 2.33. The van der Waals surface area contributed by atoms with E-state index in [1.54, 1.807) is 44.8 Å².